The van der Waals surface area contributed by atoms with Crippen LogP contribution in [-0.4, -0.2) is 12.2 Å². The lowest BCUT2D eigenvalue weighted by atomic mass is 10.3. The smallest absolute Gasteiger partial charge is 0.318 e. The van der Waals surface area contributed by atoms with Crippen LogP contribution in [0, 0.1) is 10.1 Å². The summed E-state index contributed by atoms with van der Waals surface area (Å²) in [5.41, 5.74) is 0.132. The molecule has 0 aromatic heterocycles. The van der Waals surface area contributed by atoms with Gasteiger partial charge in [-0.1, -0.05) is 11.6 Å². The number of halogens is 1. The topological polar surface area (TPSA) is 90.9 Å². The van der Waals surface area contributed by atoms with Gasteiger partial charge in [0.15, 0.2) is 0 Å². The summed E-state index contributed by atoms with van der Waals surface area (Å²) >= 11 is 5.75. The van der Waals surface area contributed by atoms with Crippen molar-refractivity contribution in [2.45, 2.75) is 0 Å². The van der Waals surface area contributed by atoms with Gasteiger partial charge in [0.25, 0.3) is 0 Å². The van der Waals surface area contributed by atoms with Crippen molar-refractivity contribution in [1.29, 1.82) is 0 Å². The highest BCUT2D eigenvalue weighted by atomic mass is 35.5. The van der Waals surface area contributed by atoms with Crippen molar-refractivity contribution in [1.82, 2.24) is 0 Å². The lowest BCUT2D eigenvalue weighted by Gasteiger charge is -2.16. The van der Waals surface area contributed by atoms with Crippen LogP contribution < -0.4 is 15.8 Å². The van der Waals surface area contributed by atoms with Crippen LogP contribution in [0.4, 0.5) is 5.69 Å². The predicted octanol–water partition coefficient (Wildman–Crippen LogP) is 1.15. The number of nitrogens with zero attached hydrogens (tertiary/aromatic N) is 2. The van der Waals surface area contributed by atoms with E-state index in [1.54, 1.807) is 6.07 Å². The number of hydrogen-bond acceptors (Lipinski definition) is 6. The number of ether oxygens (including phenoxy) is 1. The maximum atomic E-state index is 10.0. The Bertz CT molecular complexity index is 373. The Hall–Kier alpha value is -1.73. The van der Waals surface area contributed by atoms with Crippen molar-refractivity contribution in [3.05, 3.63) is 33.3 Å². The summed E-state index contributed by atoms with van der Waals surface area (Å²) in [6.45, 7) is 0. The number of nitrogens with two attached hydrogens (primary N) is 1. The van der Waals surface area contributed by atoms with Crippen molar-refractivity contribution in [2.24, 2.45) is 5.84 Å². The molecule has 0 bridgehead atoms. The SMILES string of the molecule is COc1ccc(Cl)c(N(N)O[N+](=O)[O-])c1. The fourth-order valence-electron chi connectivity index (χ4n) is 0.904. The van der Waals surface area contributed by atoms with E-state index in [9.17, 15) is 10.1 Å². The predicted molar refractivity (Wildman–Crippen MR) is 52.7 cm³/mol. The zero-order valence-corrected chi connectivity index (χ0v) is 8.47. The molecule has 0 saturated carbocycles. The molecule has 0 amide bonds. The highest BCUT2D eigenvalue weighted by molar-refractivity contribution is 6.33. The molecule has 8 heteroatoms. The van der Waals surface area contributed by atoms with Crippen LogP contribution in [0.2, 0.25) is 5.02 Å². The van der Waals surface area contributed by atoms with E-state index in [0.29, 0.717) is 10.9 Å². The number of rotatable bonds is 4. The third kappa shape index (κ3) is 2.86. The van der Waals surface area contributed by atoms with Gasteiger partial charge in [-0.05, 0) is 12.1 Å². The summed E-state index contributed by atoms with van der Waals surface area (Å²) < 4.78 is 4.90. The van der Waals surface area contributed by atoms with E-state index in [0.717, 1.165) is 0 Å². The average Bonchev–Trinajstić information content (AvgIpc) is 2.17. The monoisotopic (exact) mass is 233 g/mol. The highest BCUT2D eigenvalue weighted by Crippen LogP contribution is 2.28. The molecule has 0 aliphatic rings. The fourth-order valence-corrected chi connectivity index (χ4v) is 1.10. The largest absolute Gasteiger partial charge is 0.497 e. The standard InChI is InChI=1S/C7H8ClN3O4/c1-14-5-2-3-6(8)7(4-5)10(9)15-11(12)13/h2-4H,9H2,1H3. The molecule has 0 spiro atoms. The molecule has 0 aliphatic heterocycles. The average molecular weight is 234 g/mol. The molecular weight excluding hydrogens is 226 g/mol. The minimum atomic E-state index is -1.05. The van der Waals surface area contributed by atoms with Crippen molar-refractivity contribution in [2.75, 3.05) is 12.3 Å². The molecule has 0 radical (unpaired) electrons. The van der Waals surface area contributed by atoms with Crippen LogP contribution in [-0.2, 0) is 4.94 Å². The molecule has 1 rings (SSSR count). The van der Waals surface area contributed by atoms with E-state index in [1.807, 2.05) is 0 Å². The zero-order valence-electron chi connectivity index (χ0n) is 7.71. The summed E-state index contributed by atoms with van der Waals surface area (Å²) in [6.07, 6.45) is 0. The van der Waals surface area contributed by atoms with Crippen LogP contribution in [0.25, 0.3) is 0 Å². The molecule has 0 unspecified atom stereocenters. The van der Waals surface area contributed by atoms with Gasteiger partial charge in [-0.15, -0.1) is 15.3 Å². The van der Waals surface area contributed by atoms with Crippen molar-refractivity contribution < 1.29 is 14.8 Å². The second-order valence-corrected chi connectivity index (χ2v) is 2.86. The first kappa shape index (κ1) is 11.3. The van der Waals surface area contributed by atoms with Gasteiger partial charge in [0.05, 0.1) is 12.1 Å². The second kappa shape index (κ2) is 4.67. The molecule has 0 saturated heterocycles. The van der Waals surface area contributed by atoms with Crippen molar-refractivity contribution in [3.8, 4) is 5.75 Å². The first-order valence-corrected chi connectivity index (χ1v) is 4.13. The lowest BCUT2D eigenvalue weighted by Crippen LogP contribution is -2.33. The number of methoxy groups -OCH3 is 1. The fraction of sp³-hybridized carbons (Fsp3) is 0.143. The van der Waals surface area contributed by atoms with Gasteiger partial charge < -0.3 is 4.74 Å². The number of hydrogen-bond donors (Lipinski definition) is 1. The molecule has 15 heavy (non-hydrogen) atoms. The van der Waals surface area contributed by atoms with E-state index >= 15 is 0 Å². The summed E-state index contributed by atoms with van der Waals surface area (Å²) in [5, 5.41) is 9.65. The third-order valence-corrected chi connectivity index (χ3v) is 1.86. The first-order chi connectivity index (χ1) is 7.04. The number of anilines is 1. The molecule has 0 heterocycles. The van der Waals surface area contributed by atoms with Gasteiger partial charge in [-0.2, -0.15) is 4.94 Å². The van der Waals surface area contributed by atoms with Crippen molar-refractivity contribution >= 4 is 17.3 Å². The minimum absolute atomic E-state index is 0.132. The van der Waals surface area contributed by atoms with E-state index < -0.39 is 5.09 Å². The Kier molecular flexibility index (Phi) is 3.53. The second-order valence-electron chi connectivity index (χ2n) is 2.45. The van der Waals surface area contributed by atoms with Crippen LogP contribution in [0.3, 0.4) is 0 Å². The quantitative estimate of drug-likeness (QED) is 0.477. The minimum Gasteiger partial charge on any atom is -0.497 e. The molecule has 0 aliphatic carbocycles. The maximum Gasteiger partial charge on any atom is 0.318 e. The van der Waals surface area contributed by atoms with E-state index in [-0.39, 0.29) is 10.7 Å². The molecule has 1 aromatic rings. The number of benzene rings is 1. The Labute approximate surface area is 90.0 Å². The van der Waals surface area contributed by atoms with Gasteiger partial charge in [-0.3, -0.25) is 0 Å². The molecular formula is C7H8ClN3O4. The number of hydrazine groups is 1. The van der Waals surface area contributed by atoms with Crippen molar-refractivity contribution in [3.63, 3.8) is 0 Å². The van der Waals surface area contributed by atoms with Crippen LogP contribution in [0.5, 0.6) is 5.75 Å². The third-order valence-electron chi connectivity index (χ3n) is 1.55. The Morgan fingerprint density at radius 3 is 2.80 bits per heavy atom. The van der Waals surface area contributed by atoms with Crippen LogP contribution >= 0.6 is 11.6 Å². The normalized spacial score (nSPS) is 9.53. The van der Waals surface area contributed by atoms with Gasteiger partial charge in [0, 0.05) is 6.07 Å². The molecule has 7 nitrogen and oxygen atoms in total. The van der Waals surface area contributed by atoms with Gasteiger partial charge in [-0.25, -0.2) is 5.84 Å². The zero-order chi connectivity index (χ0) is 11.4. The molecule has 0 atom stereocenters. The summed E-state index contributed by atoms with van der Waals surface area (Å²) in [4.78, 5) is 14.0. The first-order valence-electron chi connectivity index (χ1n) is 3.75. The van der Waals surface area contributed by atoms with Gasteiger partial charge in [0.1, 0.15) is 11.4 Å². The molecule has 2 N–H and O–H groups in total. The van der Waals surface area contributed by atoms with E-state index in [4.69, 9.17) is 22.2 Å². The molecule has 82 valence electrons. The van der Waals surface area contributed by atoms with Gasteiger partial charge >= 0.3 is 5.09 Å². The highest BCUT2D eigenvalue weighted by Gasteiger charge is 2.11. The molecule has 0 fully saturated rings. The van der Waals surface area contributed by atoms with Crippen LogP contribution in [0.1, 0.15) is 0 Å². The van der Waals surface area contributed by atoms with E-state index in [2.05, 4.69) is 4.94 Å². The summed E-state index contributed by atoms with van der Waals surface area (Å²) in [6, 6.07) is 4.48. The van der Waals surface area contributed by atoms with Crippen LogP contribution in [0.15, 0.2) is 18.2 Å². The lowest BCUT2D eigenvalue weighted by molar-refractivity contribution is -0.762. The Balaban J connectivity index is 2.95. The maximum absolute atomic E-state index is 10.0. The summed E-state index contributed by atoms with van der Waals surface area (Å²) in [7, 11) is 1.45. The Morgan fingerprint density at radius 2 is 2.27 bits per heavy atom. The van der Waals surface area contributed by atoms with Gasteiger partial charge in [0.2, 0.25) is 0 Å². The Morgan fingerprint density at radius 1 is 1.60 bits per heavy atom. The molecule has 1 aromatic carbocycles. The van der Waals surface area contributed by atoms with E-state index in [1.165, 1.54) is 19.2 Å². The summed E-state index contributed by atoms with van der Waals surface area (Å²) in [5.74, 6) is 5.71.